The number of methoxy groups -OCH3 is 1. The minimum absolute atomic E-state index is 0.719. The van der Waals surface area contributed by atoms with Gasteiger partial charge in [0.15, 0.2) is 5.75 Å². The van der Waals surface area contributed by atoms with E-state index in [1.165, 1.54) is 11.3 Å². The summed E-state index contributed by atoms with van der Waals surface area (Å²) in [6.07, 6.45) is 0. The summed E-state index contributed by atoms with van der Waals surface area (Å²) in [7, 11) is 1.63. The fraction of sp³-hybridized carbons (Fsp3) is 0.111. The Morgan fingerprint density at radius 1 is 1.46 bits per heavy atom. The Balaban J connectivity index is 2.80. The Morgan fingerprint density at radius 3 is 2.92 bits per heavy atom. The summed E-state index contributed by atoms with van der Waals surface area (Å²) in [5, 5.41) is 1.76. The van der Waals surface area contributed by atoms with Crippen LogP contribution in [0, 0.1) is 0 Å². The number of anilines is 1. The molecular weight excluding hydrogens is 202 g/mol. The topological polar surface area (TPSA) is 35.2 Å². The van der Waals surface area contributed by atoms with Crippen LogP contribution in [-0.2, 0) is 0 Å². The van der Waals surface area contributed by atoms with Gasteiger partial charge in [-0.1, -0.05) is 0 Å². The van der Waals surface area contributed by atoms with Crippen molar-refractivity contribution >= 4 is 39.1 Å². The monoisotopic (exact) mass is 211 g/mol. The van der Waals surface area contributed by atoms with E-state index in [0.717, 1.165) is 25.7 Å². The summed E-state index contributed by atoms with van der Waals surface area (Å²) in [5.41, 5.74) is 5.78. The smallest absolute Gasteiger partial charge is 0.160 e. The van der Waals surface area contributed by atoms with E-state index < -0.39 is 0 Å². The fourth-order valence-corrected chi connectivity index (χ4v) is 2.42. The van der Waals surface area contributed by atoms with Gasteiger partial charge in [-0.3, -0.25) is 0 Å². The van der Waals surface area contributed by atoms with Crippen LogP contribution in [0.15, 0.2) is 23.1 Å². The van der Waals surface area contributed by atoms with Gasteiger partial charge in [0.1, 0.15) is 5.00 Å². The summed E-state index contributed by atoms with van der Waals surface area (Å²) in [4.78, 5) is 0.920. The molecule has 0 aliphatic carbocycles. The van der Waals surface area contributed by atoms with Crippen LogP contribution < -0.4 is 10.5 Å². The lowest BCUT2D eigenvalue weighted by Gasteiger charge is -1.98. The van der Waals surface area contributed by atoms with E-state index in [1.807, 2.05) is 18.2 Å². The lowest BCUT2D eigenvalue weighted by atomic mass is 10.2. The number of rotatable bonds is 1. The van der Waals surface area contributed by atoms with Crippen molar-refractivity contribution in [3.05, 3.63) is 18.2 Å². The van der Waals surface area contributed by atoms with Gasteiger partial charge in [-0.05, 0) is 18.2 Å². The highest BCUT2D eigenvalue weighted by Crippen LogP contribution is 2.40. The lowest BCUT2D eigenvalue weighted by molar-refractivity contribution is 0.423. The van der Waals surface area contributed by atoms with Crippen molar-refractivity contribution in [2.75, 3.05) is 12.8 Å². The van der Waals surface area contributed by atoms with Gasteiger partial charge in [0.05, 0.1) is 7.11 Å². The Morgan fingerprint density at radius 2 is 2.23 bits per heavy atom. The van der Waals surface area contributed by atoms with Gasteiger partial charge in [-0.2, -0.15) is 0 Å². The third kappa shape index (κ3) is 1.36. The molecule has 0 bridgehead atoms. The molecule has 4 heteroatoms. The van der Waals surface area contributed by atoms with E-state index >= 15 is 0 Å². The quantitative estimate of drug-likeness (QED) is 0.711. The minimum atomic E-state index is 0.719. The molecule has 68 valence electrons. The van der Waals surface area contributed by atoms with Crippen molar-refractivity contribution in [2.45, 2.75) is 4.90 Å². The standard InChI is InChI=1S/C9H9NOS2/c1-11-8-6-4-5(12)2-3-7(6)13-9(8)10/h2-4,12H,10H2,1H3. The molecule has 0 spiro atoms. The number of nitrogen functional groups attached to an aromatic ring is 1. The molecule has 0 unspecified atom stereocenters. The first-order valence-corrected chi connectivity index (χ1v) is 5.03. The van der Waals surface area contributed by atoms with Crippen LogP contribution in [0.25, 0.3) is 10.1 Å². The van der Waals surface area contributed by atoms with Crippen LogP contribution in [0.2, 0.25) is 0 Å². The van der Waals surface area contributed by atoms with Crippen molar-refractivity contribution in [2.24, 2.45) is 0 Å². The van der Waals surface area contributed by atoms with E-state index in [4.69, 9.17) is 10.5 Å². The molecule has 1 aromatic carbocycles. The van der Waals surface area contributed by atoms with Crippen LogP contribution in [0.1, 0.15) is 0 Å². The molecular formula is C9H9NOS2. The van der Waals surface area contributed by atoms with Crippen molar-refractivity contribution in [1.29, 1.82) is 0 Å². The van der Waals surface area contributed by atoms with Gasteiger partial charge in [-0.15, -0.1) is 24.0 Å². The number of fused-ring (bicyclic) bond motifs is 1. The molecule has 2 aromatic rings. The maximum Gasteiger partial charge on any atom is 0.160 e. The zero-order valence-corrected chi connectivity index (χ0v) is 8.78. The first-order valence-electron chi connectivity index (χ1n) is 3.77. The summed E-state index contributed by atoms with van der Waals surface area (Å²) >= 11 is 5.79. The summed E-state index contributed by atoms with van der Waals surface area (Å²) in [6, 6.07) is 5.91. The molecule has 0 saturated heterocycles. The van der Waals surface area contributed by atoms with Gasteiger partial charge in [0.2, 0.25) is 0 Å². The van der Waals surface area contributed by atoms with Crippen LogP contribution in [0.5, 0.6) is 5.75 Å². The van der Waals surface area contributed by atoms with Crippen molar-refractivity contribution in [3.63, 3.8) is 0 Å². The molecule has 0 atom stereocenters. The Hall–Kier alpha value is -0.870. The molecule has 2 nitrogen and oxygen atoms in total. The molecule has 0 aliphatic heterocycles. The van der Waals surface area contributed by atoms with E-state index in [2.05, 4.69) is 12.6 Å². The number of benzene rings is 1. The van der Waals surface area contributed by atoms with Gasteiger partial charge >= 0.3 is 0 Å². The molecule has 0 radical (unpaired) electrons. The second-order valence-electron chi connectivity index (χ2n) is 2.68. The van der Waals surface area contributed by atoms with Gasteiger partial charge < -0.3 is 10.5 Å². The summed E-state index contributed by atoms with van der Waals surface area (Å²) in [5.74, 6) is 0.760. The predicted molar refractivity (Wildman–Crippen MR) is 60.0 cm³/mol. The molecule has 2 N–H and O–H groups in total. The molecule has 1 aromatic heterocycles. The Bertz CT molecular complexity index is 450. The maximum atomic E-state index is 5.78. The lowest BCUT2D eigenvalue weighted by Crippen LogP contribution is -1.86. The average Bonchev–Trinajstić information content (AvgIpc) is 2.40. The van der Waals surface area contributed by atoms with Crippen LogP contribution in [-0.4, -0.2) is 7.11 Å². The largest absolute Gasteiger partial charge is 0.493 e. The molecule has 1 heterocycles. The zero-order valence-electron chi connectivity index (χ0n) is 7.07. The molecule has 0 saturated carbocycles. The Kier molecular flexibility index (Phi) is 2.09. The predicted octanol–water partition coefficient (Wildman–Crippen LogP) is 2.78. The van der Waals surface area contributed by atoms with Crippen molar-refractivity contribution in [3.8, 4) is 5.75 Å². The molecule has 13 heavy (non-hydrogen) atoms. The van der Waals surface area contributed by atoms with Crippen LogP contribution >= 0.6 is 24.0 Å². The van der Waals surface area contributed by atoms with E-state index in [9.17, 15) is 0 Å². The highest BCUT2D eigenvalue weighted by molar-refractivity contribution is 7.80. The highest BCUT2D eigenvalue weighted by Gasteiger charge is 2.09. The number of ether oxygens (including phenoxy) is 1. The second-order valence-corrected chi connectivity index (χ2v) is 4.28. The number of hydrogen-bond acceptors (Lipinski definition) is 4. The third-order valence-electron chi connectivity index (χ3n) is 1.86. The second kappa shape index (κ2) is 3.12. The maximum absolute atomic E-state index is 5.78. The summed E-state index contributed by atoms with van der Waals surface area (Å²) in [6.45, 7) is 0. The highest BCUT2D eigenvalue weighted by atomic mass is 32.1. The fourth-order valence-electron chi connectivity index (χ4n) is 1.29. The SMILES string of the molecule is COc1c(N)sc2ccc(S)cc12. The number of nitrogens with two attached hydrogens (primary N) is 1. The van der Waals surface area contributed by atoms with Gasteiger partial charge in [-0.25, -0.2) is 0 Å². The first-order chi connectivity index (χ1) is 6.22. The third-order valence-corrected chi connectivity index (χ3v) is 3.11. The zero-order chi connectivity index (χ0) is 9.42. The first kappa shape index (κ1) is 8.72. The van der Waals surface area contributed by atoms with E-state index in [-0.39, 0.29) is 0 Å². The number of thiophene rings is 1. The molecule has 0 aliphatic rings. The number of hydrogen-bond donors (Lipinski definition) is 2. The van der Waals surface area contributed by atoms with Crippen LogP contribution in [0.4, 0.5) is 5.00 Å². The van der Waals surface area contributed by atoms with E-state index in [1.54, 1.807) is 7.11 Å². The Labute approximate surface area is 85.7 Å². The minimum Gasteiger partial charge on any atom is -0.493 e. The molecule has 0 fully saturated rings. The van der Waals surface area contributed by atoms with Gasteiger partial charge in [0, 0.05) is 15.0 Å². The number of thiol groups is 1. The normalized spacial score (nSPS) is 10.6. The van der Waals surface area contributed by atoms with Crippen molar-refractivity contribution in [1.82, 2.24) is 0 Å². The summed E-state index contributed by atoms with van der Waals surface area (Å²) < 4.78 is 6.34. The molecule has 0 amide bonds. The van der Waals surface area contributed by atoms with E-state index in [0.29, 0.717) is 0 Å². The average molecular weight is 211 g/mol. The van der Waals surface area contributed by atoms with Crippen molar-refractivity contribution < 1.29 is 4.74 Å². The van der Waals surface area contributed by atoms with Gasteiger partial charge in [0.25, 0.3) is 0 Å². The van der Waals surface area contributed by atoms with Crippen LogP contribution in [0.3, 0.4) is 0 Å². The molecule has 2 rings (SSSR count).